The lowest BCUT2D eigenvalue weighted by molar-refractivity contribution is -0.384. The number of hydrogen-bond acceptors (Lipinski definition) is 5. The maximum absolute atomic E-state index is 12.5. The quantitative estimate of drug-likeness (QED) is 0.175. The van der Waals surface area contributed by atoms with Crippen LogP contribution in [-0.2, 0) is 0 Å². The van der Waals surface area contributed by atoms with Crippen LogP contribution >= 0.6 is 45.8 Å². The molecule has 0 fully saturated rings. The first-order valence-corrected chi connectivity index (χ1v) is 10.3. The zero-order valence-corrected chi connectivity index (χ0v) is 18.5. The van der Waals surface area contributed by atoms with E-state index in [9.17, 15) is 14.9 Å². The van der Waals surface area contributed by atoms with Crippen molar-refractivity contribution in [2.24, 2.45) is 0 Å². The molecule has 4 aromatic rings. The molecule has 30 heavy (non-hydrogen) atoms. The number of rotatable bonds is 4. The Labute approximate surface area is 193 Å². The number of carbonyl (C=O) groups is 1. The number of aromatic nitrogens is 1. The fraction of sp³-hybridized carbons (Fsp3) is 0. The number of anilines is 1. The molecule has 0 aliphatic carbocycles. The highest BCUT2D eigenvalue weighted by Gasteiger charge is 2.17. The SMILES string of the molecule is O=C(Nc1ccc2oc(-c3cc(I)ccc3Cl)nc2c1)c1ccc(Cl)c([N+](=O)[O-])c1. The molecule has 0 aliphatic rings. The van der Waals surface area contributed by atoms with Crippen LogP contribution in [0, 0.1) is 13.7 Å². The van der Waals surface area contributed by atoms with Crippen LogP contribution in [0.1, 0.15) is 10.4 Å². The number of halogens is 3. The van der Waals surface area contributed by atoms with Crippen molar-refractivity contribution in [2.45, 2.75) is 0 Å². The summed E-state index contributed by atoms with van der Waals surface area (Å²) in [4.78, 5) is 27.4. The Morgan fingerprint density at radius 3 is 2.60 bits per heavy atom. The number of carbonyl (C=O) groups excluding carboxylic acids is 1. The lowest BCUT2D eigenvalue weighted by Crippen LogP contribution is -2.12. The predicted octanol–water partition coefficient (Wildman–Crippen LogP) is 6.57. The molecule has 150 valence electrons. The number of nitro groups is 1. The van der Waals surface area contributed by atoms with Gasteiger partial charge in [0.15, 0.2) is 5.58 Å². The van der Waals surface area contributed by atoms with E-state index in [1.807, 2.05) is 12.1 Å². The van der Waals surface area contributed by atoms with Gasteiger partial charge in [0.1, 0.15) is 10.5 Å². The van der Waals surface area contributed by atoms with E-state index in [4.69, 9.17) is 27.6 Å². The molecule has 1 heterocycles. The third-order valence-electron chi connectivity index (χ3n) is 4.21. The number of amides is 1. The molecule has 0 saturated carbocycles. The van der Waals surface area contributed by atoms with Gasteiger partial charge < -0.3 is 9.73 Å². The van der Waals surface area contributed by atoms with Crippen LogP contribution in [0.15, 0.2) is 59.0 Å². The molecule has 0 spiro atoms. The average molecular weight is 554 g/mol. The van der Waals surface area contributed by atoms with Crippen molar-refractivity contribution in [2.75, 3.05) is 5.32 Å². The van der Waals surface area contributed by atoms with E-state index >= 15 is 0 Å². The van der Waals surface area contributed by atoms with Gasteiger partial charge in [-0.05, 0) is 71.1 Å². The third kappa shape index (κ3) is 4.11. The molecule has 0 unspecified atom stereocenters. The summed E-state index contributed by atoms with van der Waals surface area (Å²) >= 11 is 14.2. The highest BCUT2D eigenvalue weighted by Crippen LogP contribution is 2.32. The molecule has 1 aromatic heterocycles. The van der Waals surface area contributed by atoms with Crippen LogP contribution in [-0.4, -0.2) is 15.8 Å². The first-order valence-electron chi connectivity index (χ1n) is 8.43. The van der Waals surface area contributed by atoms with Gasteiger partial charge in [0, 0.05) is 20.9 Å². The summed E-state index contributed by atoms with van der Waals surface area (Å²) in [6, 6.07) is 14.3. The third-order valence-corrected chi connectivity index (χ3v) is 5.53. The number of fused-ring (bicyclic) bond motifs is 1. The maximum atomic E-state index is 12.5. The normalized spacial score (nSPS) is 10.9. The summed E-state index contributed by atoms with van der Waals surface area (Å²) in [5.74, 6) is -0.149. The van der Waals surface area contributed by atoms with Crippen LogP contribution < -0.4 is 5.32 Å². The molecule has 0 bridgehead atoms. The number of oxazole rings is 1. The lowest BCUT2D eigenvalue weighted by Gasteiger charge is -2.05. The molecule has 1 N–H and O–H groups in total. The Bertz CT molecular complexity index is 1320. The molecule has 7 nitrogen and oxygen atoms in total. The Morgan fingerprint density at radius 2 is 1.83 bits per heavy atom. The lowest BCUT2D eigenvalue weighted by atomic mass is 10.2. The number of hydrogen-bond donors (Lipinski definition) is 1. The monoisotopic (exact) mass is 553 g/mol. The van der Waals surface area contributed by atoms with E-state index in [0.717, 1.165) is 9.64 Å². The average Bonchev–Trinajstić information content (AvgIpc) is 3.13. The second-order valence-electron chi connectivity index (χ2n) is 6.20. The van der Waals surface area contributed by atoms with Gasteiger partial charge >= 0.3 is 0 Å². The molecular weight excluding hydrogens is 544 g/mol. The van der Waals surface area contributed by atoms with Crippen molar-refractivity contribution in [1.29, 1.82) is 0 Å². The van der Waals surface area contributed by atoms with Crippen LogP contribution in [0.2, 0.25) is 10.0 Å². The van der Waals surface area contributed by atoms with Gasteiger partial charge in [0.25, 0.3) is 11.6 Å². The van der Waals surface area contributed by atoms with Gasteiger partial charge in [-0.2, -0.15) is 0 Å². The van der Waals surface area contributed by atoms with Gasteiger partial charge in [0.2, 0.25) is 5.89 Å². The molecule has 1 amide bonds. The van der Waals surface area contributed by atoms with Crippen molar-refractivity contribution >= 4 is 74.2 Å². The zero-order chi connectivity index (χ0) is 21.4. The summed E-state index contributed by atoms with van der Waals surface area (Å²) < 4.78 is 6.77. The van der Waals surface area contributed by atoms with E-state index in [1.54, 1.807) is 24.3 Å². The fourth-order valence-electron chi connectivity index (χ4n) is 2.78. The second kappa shape index (κ2) is 8.21. The summed E-state index contributed by atoms with van der Waals surface area (Å²) in [6.45, 7) is 0. The predicted molar refractivity (Wildman–Crippen MR) is 123 cm³/mol. The van der Waals surface area contributed by atoms with Gasteiger partial charge in [-0.25, -0.2) is 4.98 Å². The maximum Gasteiger partial charge on any atom is 0.288 e. The van der Waals surface area contributed by atoms with E-state index in [2.05, 4.69) is 32.9 Å². The van der Waals surface area contributed by atoms with E-state index in [-0.39, 0.29) is 16.3 Å². The molecular formula is C20H10Cl2IN3O4. The van der Waals surface area contributed by atoms with Gasteiger partial charge in [-0.15, -0.1) is 0 Å². The summed E-state index contributed by atoms with van der Waals surface area (Å²) in [5.41, 5.74) is 1.95. The van der Waals surface area contributed by atoms with Crippen LogP contribution in [0.25, 0.3) is 22.6 Å². The molecule has 0 radical (unpaired) electrons. The van der Waals surface area contributed by atoms with Gasteiger partial charge in [0.05, 0.1) is 15.5 Å². The molecule has 10 heteroatoms. The molecule has 0 aliphatic heterocycles. The van der Waals surface area contributed by atoms with Crippen LogP contribution in [0.4, 0.5) is 11.4 Å². The van der Waals surface area contributed by atoms with Gasteiger partial charge in [-0.3, -0.25) is 14.9 Å². The van der Waals surface area contributed by atoms with E-state index < -0.39 is 10.8 Å². The van der Waals surface area contributed by atoms with Crippen molar-refractivity contribution in [3.05, 3.63) is 83.9 Å². The van der Waals surface area contributed by atoms with Crippen LogP contribution in [0.5, 0.6) is 0 Å². The zero-order valence-electron chi connectivity index (χ0n) is 14.9. The number of nitrogens with one attached hydrogen (secondary N) is 1. The number of nitrogens with zero attached hydrogens (tertiary/aromatic N) is 2. The standard InChI is InChI=1S/C20H10Cl2IN3O4/c21-14-5-2-11(23)8-13(14)20-25-16-9-12(3-6-18(16)30-20)24-19(27)10-1-4-15(22)17(7-10)26(28)29/h1-9H,(H,24,27). The second-order valence-corrected chi connectivity index (χ2v) is 8.26. The Balaban J connectivity index is 1.63. The first kappa shape index (κ1) is 20.6. The van der Waals surface area contributed by atoms with E-state index in [1.165, 1.54) is 12.1 Å². The van der Waals surface area contributed by atoms with Crippen LogP contribution in [0.3, 0.4) is 0 Å². The number of nitro benzene ring substituents is 1. The minimum absolute atomic E-state index is 0.0395. The van der Waals surface area contributed by atoms with Crippen molar-refractivity contribution in [3.8, 4) is 11.5 Å². The summed E-state index contributed by atoms with van der Waals surface area (Å²) in [5, 5.41) is 14.2. The number of benzene rings is 3. The Kier molecular flexibility index (Phi) is 5.63. The molecule has 0 saturated heterocycles. The van der Waals surface area contributed by atoms with Crippen molar-refractivity contribution in [1.82, 2.24) is 4.98 Å². The smallest absolute Gasteiger partial charge is 0.288 e. The largest absolute Gasteiger partial charge is 0.436 e. The fourth-order valence-corrected chi connectivity index (χ4v) is 3.65. The molecule has 3 aromatic carbocycles. The van der Waals surface area contributed by atoms with Crippen molar-refractivity contribution in [3.63, 3.8) is 0 Å². The minimum atomic E-state index is -0.641. The Morgan fingerprint density at radius 1 is 1.07 bits per heavy atom. The topological polar surface area (TPSA) is 98.3 Å². The summed E-state index contributed by atoms with van der Waals surface area (Å²) in [7, 11) is 0. The highest BCUT2D eigenvalue weighted by molar-refractivity contribution is 14.1. The molecule has 4 rings (SSSR count). The summed E-state index contributed by atoms with van der Waals surface area (Å²) in [6.07, 6.45) is 0. The first-order chi connectivity index (χ1) is 14.3. The Hall–Kier alpha value is -2.69. The minimum Gasteiger partial charge on any atom is -0.436 e. The molecule has 0 atom stereocenters. The highest BCUT2D eigenvalue weighted by atomic mass is 127. The van der Waals surface area contributed by atoms with E-state index in [0.29, 0.717) is 33.3 Å². The van der Waals surface area contributed by atoms with Gasteiger partial charge in [-0.1, -0.05) is 23.2 Å². The van der Waals surface area contributed by atoms with Crippen molar-refractivity contribution < 1.29 is 14.1 Å².